The van der Waals surface area contributed by atoms with Crippen molar-refractivity contribution >= 4 is 11.6 Å². The summed E-state index contributed by atoms with van der Waals surface area (Å²) >= 11 is 0. The molecule has 1 fully saturated rings. The molecule has 6 heteroatoms. The minimum atomic E-state index is -0.506. The van der Waals surface area contributed by atoms with Crippen LogP contribution in [0.2, 0.25) is 0 Å². The van der Waals surface area contributed by atoms with Crippen LogP contribution in [0, 0.1) is 0 Å². The number of ether oxygens (including phenoxy) is 2. The second kappa shape index (κ2) is 5.31. The number of anilines is 1. The van der Waals surface area contributed by atoms with E-state index >= 15 is 0 Å². The molecule has 0 radical (unpaired) electrons. The van der Waals surface area contributed by atoms with Crippen LogP contribution in [-0.4, -0.2) is 29.7 Å². The molecule has 1 saturated heterocycles. The molecule has 1 N–H and O–H groups in total. The van der Waals surface area contributed by atoms with Gasteiger partial charge in [-0.05, 0) is 31.5 Å². The van der Waals surface area contributed by atoms with E-state index in [1.165, 1.54) is 0 Å². The van der Waals surface area contributed by atoms with E-state index in [9.17, 15) is 4.79 Å². The van der Waals surface area contributed by atoms with Crippen molar-refractivity contribution in [2.45, 2.75) is 25.4 Å². The Morgan fingerprint density at radius 1 is 1.30 bits per heavy atom. The lowest BCUT2D eigenvalue weighted by Crippen LogP contribution is -2.63. The number of nitrogens with one attached hydrogen (secondary N) is 1. The van der Waals surface area contributed by atoms with Crippen LogP contribution in [-0.2, 0) is 11.3 Å². The number of hydrogen-bond acceptors (Lipinski definition) is 5. The monoisotopic (exact) mass is 314 g/mol. The van der Waals surface area contributed by atoms with Gasteiger partial charge in [0, 0.05) is 30.4 Å². The molecule has 1 aromatic carbocycles. The summed E-state index contributed by atoms with van der Waals surface area (Å²) in [6, 6.07) is 7.36. The quantitative estimate of drug-likeness (QED) is 0.940. The smallest absolute Gasteiger partial charge is 0.244 e. The lowest BCUT2D eigenvalue weighted by atomic mass is 9.85. The molecular weight excluding hydrogens is 296 g/mol. The first-order valence-electron chi connectivity index (χ1n) is 7.62. The van der Waals surface area contributed by atoms with Gasteiger partial charge in [0.05, 0.1) is 18.1 Å². The molecular formula is C17H18N2O4. The third-order valence-electron chi connectivity index (χ3n) is 4.64. The molecule has 2 aliphatic heterocycles. The molecule has 23 heavy (non-hydrogen) atoms. The average Bonchev–Trinajstić information content (AvgIpc) is 3.21. The normalized spacial score (nSPS) is 22.7. The molecule has 4 rings (SSSR count). The number of hydrogen-bond donors (Lipinski definition) is 1. The second-order valence-electron chi connectivity index (χ2n) is 6.10. The fraction of sp³-hybridized carbons (Fsp3) is 0.353. The average molecular weight is 314 g/mol. The Hall–Kier alpha value is -2.47. The molecule has 2 aliphatic rings. The number of furan rings is 1. The fourth-order valence-electron chi connectivity index (χ4n) is 2.96. The molecule has 1 atom stereocenters. The largest absolute Gasteiger partial charge is 0.472 e. The Balaban J connectivity index is 1.45. The van der Waals surface area contributed by atoms with Crippen molar-refractivity contribution < 1.29 is 18.7 Å². The fourth-order valence-corrected chi connectivity index (χ4v) is 2.96. The predicted molar refractivity (Wildman–Crippen MR) is 83.3 cm³/mol. The van der Waals surface area contributed by atoms with Crippen molar-refractivity contribution in [3.05, 3.63) is 42.4 Å². The highest BCUT2D eigenvalue weighted by molar-refractivity contribution is 5.98. The lowest BCUT2D eigenvalue weighted by Gasteiger charge is -2.49. The van der Waals surface area contributed by atoms with Crippen LogP contribution in [0.25, 0.3) is 0 Å². The Labute approximate surface area is 134 Å². The molecule has 120 valence electrons. The van der Waals surface area contributed by atoms with Crippen molar-refractivity contribution in [2.24, 2.45) is 0 Å². The van der Waals surface area contributed by atoms with Gasteiger partial charge in [-0.25, -0.2) is 0 Å². The van der Waals surface area contributed by atoms with Gasteiger partial charge in [-0.1, -0.05) is 0 Å². The summed E-state index contributed by atoms with van der Waals surface area (Å²) < 4.78 is 15.7. The standard InChI is InChI=1S/C17H18N2O4/c1-17(5-6-19(17)9-12-4-7-21-10-12)16(20)18-13-2-3-14-15(8-13)23-11-22-14/h2-4,7-8,10H,5-6,9,11H2,1H3,(H,18,20). The zero-order valence-corrected chi connectivity index (χ0v) is 12.9. The molecule has 0 bridgehead atoms. The van der Waals surface area contributed by atoms with E-state index in [1.807, 2.05) is 25.1 Å². The van der Waals surface area contributed by atoms with Gasteiger partial charge >= 0.3 is 0 Å². The van der Waals surface area contributed by atoms with Crippen LogP contribution in [0.1, 0.15) is 18.9 Å². The minimum Gasteiger partial charge on any atom is -0.472 e. The Morgan fingerprint density at radius 3 is 2.91 bits per heavy atom. The third kappa shape index (κ3) is 2.45. The number of fused-ring (bicyclic) bond motifs is 1. The highest BCUT2D eigenvalue weighted by Crippen LogP contribution is 2.36. The highest BCUT2D eigenvalue weighted by atomic mass is 16.7. The summed E-state index contributed by atoms with van der Waals surface area (Å²) in [5.74, 6) is 1.36. The van der Waals surface area contributed by atoms with Crippen molar-refractivity contribution in [2.75, 3.05) is 18.7 Å². The SMILES string of the molecule is CC1(C(=O)Nc2ccc3c(c2)OCO3)CCN1Cc1ccoc1. The van der Waals surface area contributed by atoms with E-state index in [0.717, 1.165) is 24.2 Å². The maximum atomic E-state index is 12.7. The molecule has 0 saturated carbocycles. The summed E-state index contributed by atoms with van der Waals surface area (Å²) in [5.41, 5.74) is 1.29. The van der Waals surface area contributed by atoms with Crippen LogP contribution in [0.15, 0.2) is 41.2 Å². The predicted octanol–water partition coefficient (Wildman–Crippen LogP) is 2.61. The van der Waals surface area contributed by atoms with E-state index in [1.54, 1.807) is 18.6 Å². The first-order chi connectivity index (χ1) is 11.1. The van der Waals surface area contributed by atoms with Gasteiger partial charge in [0.2, 0.25) is 12.7 Å². The summed E-state index contributed by atoms with van der Waals surface area (Å²) in [7, 11) is 0. The Morgan fingerprint density at radius 2 is 2.17 bits per heavy atom. The van der Waals surface area contributed by atoms with Gasteiger partial charge < -0.3 is 19.2 Å². The van der Waals surface area contributed by atoms with Crippen LogP contribution < -0.4 is 14.8 Å². The zero-order valence-electron chi connectivity index (χ0n) is 12.9. The number of likely N-dealkylation sites (tertiary alicyclic amines) is 1. The topological polar surface area (TPSA) is 63.9 Å². The van der Waals surface area contributed by atoms with E-state index in [-0.39, 0.29) is 12.7 Å². The number of carbonyl (C=O) groups is 1. The first kappa shape index (κ1) is 14.1. The van der Waals surface area contributed by atoms with Crippen molar-refractivity contribution in [1.29, 1.82) is 0 Å². The third-order valence-corrected chi connectivity index (χ3v) is 4.64. The van der Waals surface area contributed by atoms with E-state index in [2.05, 4.69) is 10.2 Å². The van der Waals surface area contributed by atoms with E-state index < -0.39 is 5.54 Å². The molecule has 1 unspecified atom stereocenters. The van der Waals surface area contributed by atoms with Gasteiger partial charge in [0.25, 0.3) is 0 Å². The highest BCUT2D eigenvalue weighted by Gasteiger charge is 2.46. The summed E-state index contributed by atoms with van der Waals surface area (Å²) in [4.78, 5) is 14.9. The number of carbonyl (C=O) groups excluding carboxylic acids is 1. The number of amides is 1. The maximum absolute atomic E-state index is 12.7. The number of nitrogens with zero attached hydrogens (tertiary/aromatic N) is 1. The summed E-state index contributed by atoms with van der Waals surface area (Å²) in [6.07, 6.45) is 4.20. The van der Waals surface area contributed by atoms with Gasteiger partial charge in [-0.15, -0.1) is 0 Å². The van der Waals surface area contributed by atoms with E-state index in [0.29, 0.717) is 18.0 Å². The number of benzene rings is 1. The van der Waals surface area contributed by atoms with Crippen LogP contribution in [0.4, 0.5) is 5.69 Å². The molecule has 6 nitrogen and oxygen atoms in total. The van der Waals surface area contributed by atoms with Crippen LogP contribution in [0.5, 0.6) is 11.5 Å². The second-order valence-corrected chi connectivity index (χ2v) is 6.10. The van der Waals surface area contributed by atoms with Crippen molar-refractivity contribution in [3.63, 3.8) is 0 Å². The zero-order chi connectivity index (χ0) is 15.9. The van der Waals surface area contributed by atoms with Crippen LogP contribution in [0.3, 0.4) is 0 Å². The molecule has 0 spiro atoms. The molecule has 2 aromatic rings. The van der Waals surface area contributed by atoms with Gasteiger partial charge in [-0.3, -0.25) is 9.69 Å². The summed E-state index contributed by atoms with van der Waals surface area (Å²) in [5, 5.41) is 2.98. The Kier molecular flexibility index (Phi) is 3.27. The van der Waals surface area contributed by atoms with Crippen molar-refractivity contribution in [3.8, 4) is 11.5 Å². The summed E-state index contributed by atoms with van der Waals surface area (Å²) in [6.45, 7) is 3.81. The minimum absolute atomic E-state index is 0.00823. The molecule has 1 amide bonds. The first-order valence-corrected chi connectivity index (χ1v) is 7.62. The lowest BCUT2D eigenvalue weighted by molar-refractivity contribution is -0.136. The van der Waals surface area contributed by atoms with Gasteiger partial charge in [-0.2, -0.15) is 0 Å². The van der Waals surface area contributed by atoms with Crippen LogP contribution >= 0.6 is 0 Å². The van der Waals surface area contributed by atoms with Crippen molar-refractivity contribution in [1.82, 2.24) is 4.90 Å². The Bertz CT molecular complexity index is 728. The van der Waals surface area contributed by atoms with E-state index in [4.69, 9.17) is 13.9 Å². The van der Waals surface area contributed by atoms with Gasteiger partial charge in [0.1, 0.15) is 0 Å². The molecule has 3 heterocycles. The molecule has 1 aromatic heterocycles. The molecule has 0 aliphatic carbocycles. The maximum Gasteiger partial charge on any atom is 0.244 e. The van der Waals surface area contributed by atoms with Gasteiger partial charge in [0.15, 0.2) is 11.5 Å². The number of rotatable bonds is 4.